The molecule has 0 unspecified atom stereocenters. The van der Waals surface area contributed by atoms with Crippen molar-refractivity contribution in [3.8, 4) is 11.3 Å². The molecule has 102 valence electrons. The van der Waals surface area contributed by atoms with Gasteiger partial charge in [-0.05, 0) is 25.5 Å². The second-order valence-electron chi connectivity index (χ2n) is 5.42. The second-order valence-corrected chi connectivity index (χ2v) is 5.82. The molecule has 2 heterocycles. The number of hydrogen-bond donors (Lipinski definition) is 1. The van der Waals surface area contributed by atoms with Crippen LogP contribution in [-0.4, -0.2) is 4.98 Å². The Morgan fingerprint density at radius 3 is 2.45 bits per heavy atom. The SMILES string of the molecule is CC(C)(N)c1ccc(-c2cc3nccc(Cl)c3o2)cc1. The minimum Gasteiger partial charge on any atom is -0.453 e. The zero-order valence-electron chi connectivity index (χ0n) is 11.4. The maximum atomic E-state index is 6.09. The van der Waals surface area contributed by atoms with Gasteiger partial charge in [-0.15, -0.1) is 0 Å². The molecule has 0 saturated heterocycles. The van der Waals surface area contributed by atoms with Gasteiger partial charge in [-0.1, -0.05) is 35.9 Å². The van der Waals surface area contributed by atoms with Gasteiger partial charge in [0, 0.05) is 23.4 Å². The predicted octanol–water partition coefficient (Wildman–Crippen LogP) is 4.34. The molecular formula is C16H15ClN2O. The van der Waals surface area contributed by atoms with E-state index >= 15 is 0 Å². The molecule has 2 aromatic heterocycles. The van der Waals surface area contributed by atoms with Gasteiger partial charge < -0.3 is 10.2 Å². The fraction of sp³-hybridized carbons (Fsp3) is 0.188. The topological polar surface area (TPSA) is 52.0 Å². The van der Waals surface area contributed by atoms with Gasteiger partial charge in [-0.2, -0.15) is 0 Å². The number of pyridine rings is 1. The van der Waals surface area contributed by atoms with Gasteiger partial charge in [-0.25, -0.2) is 0 Å². The molecule has 20 heavy (non-hydrogen) atoms. The lowest BCUT2D eigenvalue weighted by Gasteiger charge is -2.19. The van der Waals surface area contributed by atoms with Crippen LogP contribution in [0.25, 0.3) is 22.4 Å². The minimum absolute atomic E-state index is 0.350. The Morgan fingerprint density at radius 2 is 1.85 bits per heavy atom. The van der Waals surface area contributed by atoms with Gasteiger partial charge >= 0.3 is 0 Å². The Hall–Kier alpha value is -1.84. The minimum atomic E-state index is -0.350. The van der Waals surface area contributed by atoms with Crippen molar-refractivity contribution in [2.75, 3.05) is 0 Å². The smallest absolute Gasteiger partial charge is 0.171 e. The summed E-state index contributed by atoms with van der Waals surface area (Å²) in [6.45, 7) is 3.96. The van der Waals surface area contributed by atoms with Crippen LogP contribution >= 0.6 is 11.6 Å². The first kappa shape index (κ1) is 13.2. The number of hydrogen-bond acceptors (Lipinski definition) is 3. The van der Waals surface area contributed by atoms with E-state index in [-0.39, 0.29) is 5.54 Å². The summed E-state index contributed by atoms with van der Waals surface area (Å²) in [6, 6.07) is 11.6. The van der Waals surface area contributed by atoms with Gasteiger partial charge in [0.05, 0.1) is 5.02 Å². The molecule has 2 N–H and O–H groups in total. The highest BCUT2D eigenvalue weighted by atomic mass is 35.5. The third-order valence-corrected chi connectivity index (χ3v) is 3.57. The van der Waals surface area contributed by atoms with Crippen LogP contribution < -0.4 is 5.73 Å². The van der Waals surface area contributed by atoms with Gasteiger partial charge in [0.15, 0.2) is 5.58 Å². The molecule has 1 aromatic carbocycles. The quantitative estimate of drug-likeness (QED) is 0.762. The molecule has 0 aliphatic rings. The van der Waals surface area contributed by atoms with Crippen molar-refractivity contribution < 1.29 is 4.42 Å². The van der Waals surface area contributed by atoms with Gasteiger partial charge in [0.2, 0.25) is 0 Å². The van der Waals surface area contributed by atoms with Crippen LogP contribution in [0.2, 0.25) is 5.02 Å². The van der Waals surface area contributed by atoms with Crippen molar-refractivity contribution >= 4 is 22.7 Å². The largest absolute Gasteiger partial charge is 0.453 e. The van der Waals surface area contributed by atoms with Crippen molar-refractivity contribution in [2.24, 2.45) is 5.73 Å². The number of rotatable bonds is 2. The Bertz CT molecular complexity index is 754. The molecule has 0 bridgehead atoms. The van der Waals surface area contributed by atoms with E-state index in [2.05, 4.69) is 4.98 Å². The zero-order valence-corrected chi connectivity index (χ0v) is 12.1. The van der Waals surface area contributed by atoms with Crippen molar-refractivity contribution in [3.63, 3.8) is 0 Å². The number of nitrogens with two attached hydrogens (primary N) is 1. The molecule has 3 rings (SSSR count). The fourth-order valence-electron chi connectivity index (χ4n) is 2.11. The molecule has 0 fully saturated rings. The Labute approximate surface area is 122 Å². The summed E-state index contributed by atoms with van der Waals surface area (Å²) in [5.74, 6) is 0.752. The summed E-state index contributed by atoms with van der Waals surface area (Å²) in [4.78, 5) is 4.25. The molecule has 0 aliphatic heterocycles. The Balaban J connectivity index is 2.05. The van der Waals surface area contributed by atoms with Crippen LogP contribution in [0.5, 0.6) is 0 Å². The Kier molecular flexibility index (Phi) is 3.04. The van der Waals surface area contributed by atoms with E-state index in [0.29, 0.717) is 10.6 Å². The Morgan fingerprint density at radius 1 is 1.15 bits per heavy atom. The third kappa shape index (κ3) is 2.30. The van der Waals surface area contributed by atoms with Crippen LogP contribution in [0.4, 0.5) is 0 Å². The summed E-state index contributed by atoms with van der Waals surface area (Å²) in [7, 11) is 0. The highest BCUT2D eigenvalue weighted by Crippen LogP contribution is 2.31. The highest BCUT2D eigenvalue weighted by Gasteiger charge is 2.15. The van der Waals surface area contributed by atoms with Crippen LogP contribution in [0.15, 0.2) is 47.0 Å². The van der Waals surface area contributed by atoms with Gasteiger partial charge in [0.25, 0.3) is 0 Å². The number of furan rings is 1. The fourth-order valence-corrected chi connectivity index (χ4v) is 2.31. The first-order chi connectivity index (χ1) is 9.45. The second kappa shape index (κ2) is 4.62. The van der Waals surface area contributed by atoms with E-state index in [1.165, 1.54) is 0 Å². The molecule has 3 aromatic rings. The third-order valence-electron chi connectivity index (χ3n) is 3.28. The van der Waals surface area contributed by atoms with Gasteiger partial charge in [-0.3, -0.25) is 4.98 Å². The molecule has 0 spiro atoms. The first-order valence-electron chi connectivity index (χ1n) is 6.39. The molecule has 4 heteroatoms. The number of benzene rings is 1. The number of nitrogens with zero attached hydrogens (tertiary/aromatic N) is 1. The van der Waals surface area contributed by atoms with E-state index in [1.54, 1.807) is 12.3 Å². The maximum Gasteiger partial charge on any atom is 0.171 e. The van der Waals surface area contributed by atoms with E-state index in [4.69, 9.17) is 21.8 Å². The molecule has 0 saturated carbocycles. The molecule has 3 nitrogen and oxygen atoms in total. The number of aromatic nitrogens is 1. The lowest BCUT2D eigenvalue weighted by molar-refractivity contribution is 0.554. The summed E-state index contributed by atoms with van der Waals surface area (Å²) in [5, 5.41) is 0.570. The van der Waals surface area contributed by atoms with E-state index in [9.17, 15) is 0 Å². The van der Waals surface area contributed by atoms with Crippen molar-refractivity contribution in [1.82, 2.24) is 4.98 Å². The van der Waals surface area contributed by atoms with Crippen LogP contribution in [0, 0.1) is 0 Å². The van der Waals surface area contributed by atoms with Crippen molar-refractivity contribution in [2.45, 2.75) is 19.4 Å². The summed E-state index contributed by atoms with van der Waals surface area (Å²) < 4.78 is 5.78. The van der Waals surface area contributed by atoms with Crippen molar-refractivity contribution in [1.29, 1.82) is 0 Å². The summed E-state index contributed by atoms with van der Waals surface area (Å²) >= 11 is 6.09. The monoisotopic (exact) mass is 286 g/mol. The molecule has 0 atom stereocenters. The van der Waals surface area contributed by atoms with Crippen LogP contribution in [-0.2, 0) is 5.54 Å². The molecule has 0 radical (unpaired) electrons. The average molecular weight is 287 g/mol. The molecule has 0 aliphatic carbocycles. The lowest BCUT2D eigenvalue weighted by Crippen LogP contribution is -2.28. The highest BCUT2D eigenvalue weighted by molar-refractivity contribution is 6.34. The standard InChI is InChI=1S/C16H15ClN2O/c1-16(2,18)11-5-3-10(4-6-11)14-9-13-15(20-14)12(17)7-8-19-13/h3-9H,18H2,1-2H3. The van der Waals surface area contributed by atoms with E-state index in [0.717, 1.165) is 22.4 Å². The predicted molar refractivity (Wildman–Crippen MR) is 81.7 cm³/mol. The first-order valence-corrected chi connectivity index (χ1v) is 6.77. The normalized spacial score (nSPS) is 12.0. The summed E-state index contributed by atoms with van der Waals surface area (Å²) in [5.41, 5.74) is 9.16. The van der Waals surface area contributed by atoms with Crippen molar-refractivity contribution in [3.05, 3.63) is 53.2 Å². The average Bonchev–Trinajstić information content (AvgIpc) is 2.83. The summed E-state index contributed by atoms with van der Waals surface area (Å²) in [6.07, 6.45) is 1.67. The zero-order chi connectivity index (χ0) is 14.3. The number of halogens is 1. The van der Waals surface area contributed by atoms with Crippen LogP contribution in [0.3, 0.4) is 0 Å². The molecule has 0 amide bonds. The lowest BCUT2D eigenvalue weighted by atomic mass is 9.94. The maximum absolute atomic E-state index is 6.09. The number of fused-ring (bicyclic) bond motifs is 1. The van der Waals surface area contributed by atoms with Crippen LogP contribution in [0.1, 0.15) is 19.4 Å². The van der Waals surface area contributed by atoms with Gasteiger partial charge in [0.1, 0.15) is 11.3 Å². The molecular weight excluding hydrogens is 272 g/mol. The van der Waals surface area contributed by atoms with E-state index < -0.39 is 0 Å². The van der Waals surface area contributed by atoms with E-state index in [1.807, 2.05) is 44.2 Å².